The third-order valence-corrected chi connectivity index (χ3v) is 8.67. The molecule has 4 rings (SSSR count). The number of benzene rings is 2. The van der Waals surface area contributed by atoms with E-state index in [9.17, 15) is 13.2 Å². The van der Waals surface area contributed by atoms with E-state index in [-0.39, 0.29) is 36.8 Å². The Balaban J connectivity index is 1.55. The van der Waals surface area contributed by atoms with Crippen molar-refractivity contribution in [2.45, 2.75) is 11.8 Å². The highest BCUT2D eigenvalue weighted by atomic mass is 35.5. The van der Waals surface area contributed by atoms with Crippen molar-refractivity contribution in [2.24, 2.45) is 0 Å². The molecule has 0 aliphatic carbocycles. The second-order valence-electron chi connectivity index (χ2n) is 8.03. The quantitative estimate of drug-likeness (QED) is 0.293. The largest absolute Gasteiger partial charge is 0.383 e. The molecule has 0 atom stereocenters. The number of carbonyl (C=O) groups excluding carboxylic acids is 1. The standard InChI is InChI=1S/C24H26ClN5O5S2/c1-16-15-21(30(28-16)24-27-22-19(25)5-4-6-20(22)36-24)26-23(31)17-7-9-18(10-8-17)37(32,33)29(11-13-34-2)12-14-35-3/h4-10,15H,11-14H2,1-3H3,(H,26,31). The Bertz CT molecular complexity index is 1490. The number of thiazole rings is 1. The predicted molar refractivity (Wildman–Crippen MR) is 143 cm³/mol. The molecule has 2 aromatic carbocycles. The maximum atomic E-state index is 13.1. The van der Waals surface area contributed by atoms with Crippen LogP contribution < -0.4 is 5.32 Å². The summed E-state index contributed by atoms with van der Waals surface area (Å²) in [5, 5.41) is 8.40. The Morgan fingerprint density at radius 2 is 1.78 bits per heavy atom. The number of ether oxygens (including phenoxy) is 2. The van der Waals surface area contributed by atoms with Gasteiger partial charge in [-0.25, -0.2) is 13.4 Å². The zero-order valence-electron chi connectivity index (χ0n) is 20.5. The Morgan fingerprint density at radius 1 is 1.11 bits per heavy atom. The van der Waals surface area contributed by atoms with Gasteiger partial charge in [0, 0.05) is 38.9 Å². The molecular weight excluding hydrogens is 538 g/mol. The molecule has 0 aliphatic rings. The van der Waals surface area contributed by atoms with Crippen molar-refractivity contribution in [1.29, 1.82) is 0 Å². The molecule has 196 valence electrons. The van der Waals surface area contributed by atoms with Gasteiger partial charge in [0.05, 0.1) is 33.5 Å². The number of anilines is 1. The average molecular weight is 564 g/mol. The van der Waals surface area contributed by atoms with Gasteiger partial charge in [-0.15, -0.1) is 0 Å². The number of halogens is 1. The molecule has 0 unspecified atom stereocenters. The van der Waals surface area contributed by atoms with Crippen LogP contribution in [0.25, 0.3) is 15.3 Å². The van der Waals surface area contributed by atoms with E-state index in [1.165, 1.54) is 54.1 Å². The lowest BCUT2D eigenvalue weighted by Gasteiger charge is -2.21. The highest BCUT2D eigenvalue weighted by Crippen LogP contribution is 2.31. The van der Waals surface area contributed by atoms with Crippen molar-refractivity contribution in [3.8, 4) is 5.13 Å². The molecule has 1 amide bonds. The Hall–Kier alpha value is -2.87. The van der Waals surface area contributed by atoms with Crippen molar-refractivity contribution in [3.05, 3.63) is 64.8 Å². The molecule has 37 heavy (non-hydrogen) atoms. The van der Waals surface area contributed by atoms with E-state index < -0.39 is 15.9 Å². The fourth-order valence-corrected chi connectivity index (χ4v) is 6.22. The fraction of sp³-hybridized carbons (Fsp3) is 0.292. The maximum absolute atomic E-state index is 13.1. The molecule has 2 aromatic heterocycles. The van der Waals surface area contributed by atoms with Gasteiger partial charge in [0.1, 0.15) is 11.3 Å². The van der Waals surface area contributed by atoms with Crippen LogP contribution in [0.4, 0.5) is 5.82 Å². The fourth-order valence-electron chi connectivity index (χ4n) is 3.58. The van der Waals surface area contributed by atoms with Crippen LogP contribution in [0.15, 0.2) is 53.4 Å². The first-order valence-corrected chi connectivity index (χ1v) is 13.9. The maximum Gasteiger partial charge on any atom is 0.256 e. The molecule has 0 saturated carbocycles. The summed E-state index contributed by atoms with van der Waals surface area (Å²) < 4.78 is 40.0. The Kier molecular flexibility index (Phi) is 8.57. The Morgan fingerprint density at radius 3 is 2.41 bits per heavy atom. The van der Waals surface area contributed by atoms with Gasteiger partial charge in [0.25, 0.3) is 5.91 Å². The molecule has 2 heterocycles. The van der Waals surface area contributed by atoms with E-state index >= 15 is 0 Å². The molecule has 0 spiro atoms. The minimum Gasteiger partial charge on any atom is -0.383 e. The van der Waals surface area contributed by atoms with Crippen LogP contribution in [0, 0.1) is 6.92 Å². The van der Waals surface area contributed by atoms with E-state index in [4.69, 9.17) is 21.1 Å². The number of nitrogens with zero attached hydrogens (tertiary/aromatic N) is 4. The van der Waals surface area contributed by atoms with Gasteiger partial charge in [-0.05, 0) is 43.3 Å². The van der Waals surface area contributed by atoms with Crippen LogP contribution >= 0.6 is 22.9 Å². The molecule has 10 nitrogen and oxygen atoms in total. The third-order valence-electron chi connectivity index (χ3n) is 5.46. The minimum atomic E-state index is -3.79. The zero-order chi connectivity index (χ0) is 26.6. The van der Waals surface area contributed by atoms with Crippen LogP contribution in [0.2, 0.25) is 5.02 Å². The number of amides is 1. The van der Waals surface area contributed by atoms with Crippen LogP contribution in [0.3, 0.4) is 0 Å². The number of hydrogen-bond acceptors (Lipinski definition) is 8. The summed E-state index contributed by atoms with van der Waals surface area (Å²) in [4.78, 5) is 17.7. The first-order valence-electron chi connectivity index (χ1n) is 11.3. The Labute approximate surface area is 223 Å². The zero-order valence-corrected chi connectivity index (χ0v) is 22.9. The number of aryl methyl sites for hydroxylation is 1. The number of fused-ring (bicyclic) bond motifs is 1. The highest BCUT2D eigenvalue weighted by molar-refractivity contribution is 7.89. The SMILES string of the molecule is COCCN(CCOC)S(=O)(=O)c1ccc(C(=O)Nc2cc(C)nn2-c2nc3c(Cl)cccc3s2)cc1. The first-order chi connectivity index (χ1) is 17.7. The average Bonchev–Trinajstić information content (AvgIpc) is 3.48. The number of hydrogen-bond donors (Lipinski definition) is 1. The smallest absolute Gasteiger partial charge is 0.256 e. The number of sulfonamides is 1. The van der Waals surface area contributed by atoms with Gasteiger partial charge < -0.3 is 14.8 Å². The molecule has 1 N–H and O–H groups in total. The van der Waals surface area contributed by atoms with Crippen LogP contribution in [0.5, 0.6) is 0 Å². The summed E-state index contributed by atoms with van der Waals surface area (Å²) in [6, 6.07) is 13.0. The predicted octanol–water partition coefficient (Wildman–Crippen LogP) is 3.98. The molecular formula is C24H26ClN5O5S2. The van der Waals surface area contributed by atoms with E-state index in [1.54, 1.807) is 16.8 Å². The lowest BCUT2D eigenvalue weighted by molar-refractivity contribution is 0.102. The lowest BCUT2D eigenvalue weighted by Crippen LogP contribution is -2.36. The topological polar surface area (TPSA) is 116 Å². The van der Waals surface area contributed by atoms with Gasteiger partial charge in [0.2, 0.25) is 15.2 Å². The molecule has 13 heteroatoms. The van der Waals surface area contributed by atoms with Crippen molar-refractivity contribution >= 4 is 54.9 Å². The molecule has 0 radical (unpaired) electrons. The number of methoxy groups -OCH3 is 2. The summed E-state index contributed by atoms with van der Waals surface area (Å²) >= 11 is 7.67. The normalized spacial score (nSPS) is 11.9. The molecule has 0 aliphatic heterocycles. The summed E-state index contributed by atoms with van der Waals surface area (Å²) in [7, 11) is -0.777. The van der Waals surface area contributed by atoms with Gasteiger partial charge in [-0.2, -0.15) is 14.1 Å². The number of rotatable bonds is 11. The molecule has 4 aromatic rings. The van der Waals surface area contributed by atoms with Crippen LogP contribution in [0.1, 0.15) is 16.1 Å². The van der Waals surface area contributed by atoms with Crippen molar-refractivity contribution in [1.82, 2.24) is 19.1 Å². The number of nitrogens with one attached hydrogen (secondary N) is 1. The molecule has 0 fully saturated rings. The van der Waals surface area contributed by atoms with Gasteiger partial charge in [-0.3, -0.25) is 4.79 Å². The summed E-state index contributed by atoms with van der Waals surface area (Å²) in [6.07, 6.45) is 0. The number of para-hydroxylation sites is 1. The monoisotopic (exact) mass is 563 g/mol. The lowest BCUT2D eigenvalue weighted by atomic mass is 10.2. The summed E-state index contributed by atoms with van der Waals surface area (Å²) in [6.45, 7) is 2.68. The number of carbonyl (C=O) groups is 1. The minimum absolute atomic E-state index is 0.0727. The highest BCUT2D eigenvalue weighted by Gasteiger charge is 2.24. The van der Waals surface area contributed by atoms with Crippen LogP contribution in [-0.2, 0) is 19.5 Å². The van der Waals surface area contributed by atoms with Crippen molar-refractivity contribution in [3.63, 3.8) is 0 Å². The van der Waals surface area contributed by atoms with Gasteiger partial charge >= 0.3 is 0 Å². The van der Waals surface area contributed by atoms with Crippen molar-refractivity contribution in [2.75, 3.05) is 45.8 Å². The van der Waals surface area contributed by atoms with Crippen molar-refractivity contribution < 1.29 is 22.7 Å². The van der Waals surface area contributed by atoms with E-state index in [1.807, 2.05) is 19.1 Å². The first kappa shape index (κ1) is 27.2. The summed E-state index contributed by atoms with van der Waals surface area (Å²) in [5.74, 6) is 0.0135. The van der Waals surface area contributed by atoms with E-state index in [2.05, 4.69) is 15.4 Å². The van der Waals surface area contributed by atoms with Gasteiger partial charge in [-0.1, -0.05) is 29.0 Å². The third kappa shape index (κ3) is 6.00. The number of aromatic nitrogens is 3. The summed E-state index contributed by atoms with van der Waals surface area (Å²) in [5.41, 5.74) is 1.64. The second-order valence-corrected chi connectivity index (χ2v) is 11.4. The van der Waals surface area contributed by atoms with E-state index in [0.717, 1.165) is 4.70 Å². The second kappa shape index (κ2) is 11.7. The van der Waals surface area contributed by atoms with Crippen LogP contribution in [-0.4, -0.2) is 73.9 Å². The molecule has 0 saturated heterocycles. The van der Waals surface area contributed by atoms with Gasteiger partial charge in [0.15, 0.2) is 0 Å². The molecule has 0 bridgehead atoms. The van der Waals surface area contributed by atoms with E-state index in [0.29, 0.717) is 27.2 Å².